The molecule has 0 aliphatic carbocycles. The standard InChI is InChI=1S/C16H17N5/c1-11-3-4-15(12(2)9-11)21-16(14(10-17)19-20-21)13-5-7-18-8-6-13/h3-9H,10,17H2,1-2H3. The van der Waals surface area contributed by atoms with Gasteiger partial charge in [-0.05, 0) is 37.6 Å². The van der Waals surface area contributed by atoms with Crippen molar-refractivity contribution in [3.8, 4) is 16.9 Å². The Balaban J connectivity index is 2.22. The summed E-state index contributed by atoms with van der Waals surface area (Å²) in [7, 11) is 0. The molecule has 2 N–H and O–H groups in total. The molecule has 0 saturated heterocycles. The molecule has 5 nitrogen and oxygen atoms in total. The third kappa shape index (κ3) is 2.43. The van der Waals surface area contributed by atoms with E-state index in [4.69, 9.17) is 5.73 Å². The van der Waals surface area contributed by atoms with Crippen LogP contribution in [0.2, 0.25) is 0 Å². The first-order valence-electron chi connectivity index (χ1n) is 6.83. The van der Waals surface area contributed by atoms with Crippen molar-refractivity contribution in [1.82, 2.24) is 20.0 Å². The lowest BCUT2D eigenvalue weighted by Gasteiger charge is -2.11. The molecule has 0 aliphatic heterocycles. The first-order chi connectivity index (χ1) is 10.2. The van der Waals surface area contributed by atoms with E-state index in [1.165, 1.54) is 5.56 Å². The number of nitrogens with two attached hydrogens (primary N) is 1. The molecule has 0 spiro atoms. The molecule has 2 aromatic heterocycles. The van der Waals surface area contributed by atoms with Crippen molar-refractivity contribution in [2.24, 2.45) is 5.73 Å². The van der Waals surface area contributed by atoms with Crippen LogP contribution in [0.5, 0.6) is 0 Å². The highest BCUT2D eigenvalue weighted by molar-refractivity contribution is 5.64. The summed E-state index contributed by atoms with van der Waals surface area (Å²) in [5, 5.41) is 8.51. The Kier molecular flexibility index (Phi) is 3.50. The van der Waals surface area contributed by atoms with Gasteiger partial charge in [-0.15, -0.1) is 5.10 Å². The number of pyridine rings is 1. The second-order valence-corrected chi connectivity index (χ2v) is 5.03. The first-order valence-corrected chi connectivity index (χ1v) is 6.83. The Hall–Kier alpha value is -2.53. The van der Waals surface area contributed by atoms with Crippen molar-refractivity contribution in [3.05, 3.63) is 59.5 Å². The Morgan fingerprint density at radius 3 is 2.52 bits per heavy atom. The highest BCUT2D eigenvalue weighted by Gasteiger charge is 2.16. The molecule has 0 saturated carbocycles. The van der Waals surface area contributed by atoms with E-state index in [0.29, 0.717) is 6.54 Å². The van der Waals surface area contributed by atoms with Crippen molar-refractivity contribution in [3.63, 3.8) is 0 Å². The van der Waals surface area contributed by atoms with E-state index in [1.54, 1.807) is 12.4 Å². The molecule has 106 valence electrons. The van der Waals surface area contributed by atoms with Gasteiger partial charge in [-0.3, -0.25) is 4.98 Å². The van der Waals surface area contributed by atoms with Crippen LogP contribution in [0.1, 0.15) is 16.8 Å². The molecule has 0 amide bonds. The van der Waals surface area contributed by atoms with Gasteiger partial charge < -0.3 is 5.73 Å². The minimum Gasteiger partial charge on any atom is -0.325 e. The Labute approximate surface area is 123 Å². The van der Waals surface area contributed by atoms with E-state index in [9.17, 15) is 0 Å². The van der Waals surface area contributed by atoms with E-state index in [-0.39, 0.29) is 0 Å². The summed E-state index contributed by atoms with van der Waals surface area (Å²) >= 11 is 0. The van der Waals surface area contributed by atoms with Gasteiger partial charge in [0.25, 0.3) is 0 Å². The summed E-state index contributed by atoms with van der Waals surface area (Å²) in [6.07, 6.45) is 3.52. The van der Waals surface area contributed by atoms with Crippen molar-refractivity contribution in [2.45, 2.75) is 20.4 Å². The Morgan fingerprint density at radius 2 is 1.86 bits per heavy atom. The molecule has 21 heavy (non-hydrogen) atoms. The average Bonchev–Trinajstić information content (AvgIpc) is 2.92. The van der Waals surface area contributed by atoms with Crippen molar-refractivity contribution in [1.29, 1.82) is 0 Å². The van der Waals surface area contributed by atoms with E-state index in [1.807, 2.05) is 16.8 Å². The number of benzene rings is 1. The lowest BCUT2D eigenvalue weighted by Crippen LogP contribution is -2.04. The summed E-state index contributed by atoms with van der Waals surface area (Å²) in [4.78, 5) is 4.06. The Morgan fingerprint density at radius 1 is 1.10 bits per heavy atom. The second kappa shape index (κ2) is 5.46. The predicted octanol–water partition coefficient (Wildman–Crippen LogP) is 2.40. The third-order valence-corrected chi connectivity index (χ3v) is 3.47. The number of hydrogen-bond acceptors (Lipinski definition) is 4. The highest BCUT2D eigenvalue weighted by atomic mass is 15.4. The van der Waals surface area contributed by atoms with Crippen LogP contribution in [0.4, 0.5) is 0 Å². The van der Waals surface area contributed by atoms with E-state index < -0.39 is 0 Å². The highest BCUT2D eigenvalue weighted by Crippen LogP contribution is 2.26. The van der Waals surface area contributed by atoms with Gasteiger partial charge in [0.15, 0.2) is 0 Å². The van der Waals surface area contributed by atoms with Gasteiger partial charge >= 0.3 is 0 Å². The largest absolute Gasteiger partial charge is 0.325 e. The van der Waals surface area contributed by atoms with Crippen LogP contribution in [-0.4, -0.2) is 20.0 Å². The monoisotopic (exact) mass is 279 g/mol. The summed E-state index contributed by atoms with van der Waals surface area (Å²) in [5.41, 5.74) is 11.9. The number of hydrogen-bond donors (Lipinski definition) is 1. The second-order valence-electron chi connectivity index (χ2n) is 5.03. The molecule has 0 unspecified atom stereocenters. The zero-order valence-corrected chi connectivity index (χ0v) is 12.1. The van der Waals surface area contributed by atoms with Gasteiger partial charge in [0.1, 0.15) is 5.69 Å². The third-order valence-electron chi connectivity index (χ3n) is 3.47. The summed E-state index contributed by atoms with van der Waals surface area (Å²) in [6.45, 7) is 4.50. The van der Waals surface area contributed by atoms with Crippen LogP contribution in [-0.2, 0) is 6.54 Å². The number of aryl methyl sites for hydroxylation is 2. The molecule has 0 aliphatic rings. The zero-order valence-electron chi connectivity index (χ0n) is 12.1. The maximum Gasteiger partial charge on any atom is 0.105 e. The van der Waals surface area contributed by atoms with E-state index >= 15 is 0 Å². The van der Waals surface area contributed by atoms with Crippen molar-refractivity contribution in [2.75, 3.05) is 0 Å². The van der Waals surface area contributed by atoms with Crippen LogP contribution < -0.4 is 5.73 Å². The predicted molar refractivity (Wildman–Crippen MR) is 82.0 cm³/mol. The maximum absolute atomic E-state index is 5.81. The SMILES string of the molecule is Cc1ccc(-n2nnc(CN)c2-c2ccncc2)c(C)c1. The normalized spacial score (nSPS) is 10.8. The Bertz CT molecular complexity index is 762. The molecule has 5 heteroatoms. The average molecular weight is 279 g/mol. The van der Waals surface area contributed by atoms with Gasteiger partial charge in [-0.1, -0.05) is 22.9 Å². The number of rotatable bonds is 3. The van der Waals surface area contributed by atoms with Crippen LogP contribution >= 0.6 is 0 Å². The van der Waals surface area contributed by atoms with Gasteiger partial charge in [-0.2, -0.15) is 0 Å². The molecule has 0 atom stereocenters. The quantitative estimate of drug-likeness (QED) is 0.799. The van der Waals surface area contributed by atoms with Gasteiger partial charge in [-0.25, -0.2) is 4.68 Å². The summed E-state index contributed by atoms with van der Waals surface area (Å²) in [5.74, 6) is 0. The fourth-order valence-corrected chi connectivity index (χ4v) is 2.46. The lowest BCUT2D eigenvalue weighted by molar-refractivity contribution is 0.795. The molecule has 0 bridgehead atoms. The van der Waals surface area contributed by atoms with Crippen LogP contribution in [0.15, 0.2) is 42.7 Å². The van der Waals surface area contributed by atoms with Crippen molar-refractivity contribution < 1.29 is 0 Å². The molecule has 0 radical (unpaired) electrons. The topological polar surface area (TPSA) is 69.6 Å². The molecular weight excluding hydrogens is 262 g/mol. The van der Waals surface area contributed by atoms with Gasteiger partial charge in [0.2, 0.25) is 0 Å². The van der Waals surface area contributed by atoms with Crippen LogP contribution in [0.3, 0.4) is 0 Å². The molecular formula is C16H17N5. The minimum atomic E-state index is 0.350. The minimum absolute atomic E-state index is 0.350. The van der Waals surface area contributed by atoms with Gasteiger partial charge in [0.05, 0.1) is 11.4 Å². The molecule has 3 aromatic rings. The molecule has 3 rings (SSSR count). The summed E-state index contributed by atoms with van der Waals surface area (Å²) < 4.78 is 1.85. The first kappa shape index (κ1) is 13.5. The van der Waals surface area contributed by atoms with Gasteiger partial charge in [0, 0.05) is 24.5 Å². The van der Waals surface area contributed by atoms with E-state index in [0.717, 1.165) is 28.2 Å². The lowest BCUT2D eigenvalue weighted by atomic mass is 10.1. The van der Waals surface area contributed by atoms with Crippen molar-refractivity contribution >= 4 is 0 Å². The smallest absolute Gasteiger partial charge is 0.105 e. The molecule has 1 aromatic carbocycles. The molecule has 2 heterocycles. The fourth-order valence-electron chi connectivity index (χ4n) is 2.46. The number of nitrogens with zero attached hydrogens (tertiary/aromatic N) is 4. The van der Waals surface area contributed by atoms with E-state index in [2.05, 4.69) is 47.3 Å². The summed E-state index contributed by atoms with van der Waals surface area (Å²) in [6, 6.07) is 10.2. The van der Waals surface area contributed by atoms with Crippen LogP contribution in [0.25, 0.3) is 16.9 Å². The molecule has 0 fully saturated rings. The number of aromatic nitrogens is 4. The zero-order chi connectivity index (χ0) is 14.8. The fraction of sp³-hybridized carbons (Fsp3) is 0.188. The maximum atomic E-state index is 5.81. The van der Waals surface area contributed by atoms with Crippen LogP contribution in [0, 0.1) is 13.8 Å².